The van der Waals surface area contributed by atoms with Gasteiger partial charge in [0.25, 0.3) is 0 Å². The molecular weight excluding hydrogens is 185 g/mol. The van der Waals surface area contributed by atoms with Crippen LogP contribution in [0.4, 0.5) is 0 Å². The lowest BCUT2D eigenvalue weighted by Gasteiger charge is -2.10. The van der Waals surface area contributed by atoms with Crippen molar-refractivity contribution in [2.45, 2.75) is 0 Å². The number of rotatable bonds is 5. The normalized spacial score (nSPS) is 11.1. The molecule has 0 radical (unpaired) electrons. The molecular formula is C7H9Cl2NO. The predicted octanol–water partition coefficient (Wildman–Crippen LogP) is 1.95. The molecule has 1 amide bonds. The number of hydrogen-bond acceptors (Lipinski definition) is 1. The molecule has 0 aliphatic carbocycles. The van der Waals surface area contributed by atoms with Crippen molar-refractivity contribution in [1.29, 1.82) is 0 Å². The third kappa shape index (κ3) is 5.95. The second-order valence-electron chi connectivity index (χ2n) is 1.78. The van der Waals surface area contributed by atoms with Gasteiger partial charge in [-0.2, -0.15) is 0 Å². The Kier molecular flexibility index (Phi) is 7.31. The molecule has 0 N–H and O–H groups in total. The quantitative estimate of drug-likeness (QED) is 0.612. The van der Waals surface area contributed by atoms with Gasteiger partial charge in [-0.1, -0.05) is 35.4 Å². The van der Waals surface area contributed by atoms with Crippen molar-refractivity contribution in [3.8, 4) is 0 Å². The first-order chi connectivity index (χ1) is 5.35. The van der Waals surface area contributed by atoms with Gasteiger partial charge < -0.3 is 4.90 Å². The molecule has 2 nitrogen and oxygen atoms in total. The minimum atomic E-state index is 0.508. The summed E-state index contributed by atoms with van der Waals surface area (Å²) in [4.78, 5) is 11.8. The Morgan fingerprint density at radius 2 is 1.55 bits per heavy atom. The van der Waals surface area contributed by atoms with Crippen molar-refractivity contribution < 1.29 is 4.79 Å². The van der Waals surface area contributed by atoms with E-state index < -0.39 is 0 Å². The highest BCUT2D eigenvalue weighted by atomic mass is 35.5. The lowest BCUT2D eigenvalue weighted by Crippen LogP contribution is -2.21. The molecule has 0 atom stereocenters. The lowest BCUT2D eigenvalue weighted by molar-refractivity contribution is -0.117. The molecule has 0 aliphatic heterocycles. The Labute approximate surface area is 76.1 Å². The Bertz CT molecular complexity index is 143. The first kappa shape index (κ1) is 10.5. The van der Waals surface area contributed by atoms with Gasteiger partial charge in [-0.15, -0.1) is 0 Å². The topological polar surface area (TPSA) is 20.3 Å². The zero-order chi connectivity index (χ0) is 8.53. The summed E-state index contributed by atoms with van der Waals surface area (Å²) in [6.07, 6.45) is 4.10. The van der Waals surface area contributed by atoms with Gasteiger partial charge >= 0.3 is 0 Å². The number of hydrogen-bond donors (Lipinski definition) is 0. The van der Waals surface area contributed by atoms with E-state index in [1.165, 1.54) is 16.0 Å². The van der Waals surface area contributed by atoms with Gasteiger partial charge in [0.15, 0.2) is 0 Å². The minimum Gasteiger partial charge on any atom is -0.338 e. The van der Waals surface area contributed by atoms with E-state index in [9.17, 15) is 4.79 Å². The summed E-state index contributed by atoms with van der Waals surface area (Å²) >= 11 is 10.5. The molecule has 4 heteroatoms. The highest BCUT2D eigenvalue weighted by Gasteiger charge is 1.92. The molecule has 0 unspecified atom stereocenters. The van der Waals surface area contributed by atoms with Gasteiger partial charge in [-0.05, 0) is 0 Å². The number of carbonyl (C=O) groups is 1. The van der Waals surface area contributed by atoms with Crippen LogP contribution in [0.2, 0.25) is 0 Å². The molecule has 0 spiro atoms. The number of amides is 1. The van der Waals surface area contributed by atoms with E-state index in [4.69, 9.17) is 23.2 Å². The molecule has 0 aromatic heterocycles. The van der Waals surface area contributed by atoms with E-state index in [1.807, 2.05) is 0 Å². The van der Waals surface area contributed by atoms with Gasteiger partial charge in [-0.3, -0.25) is 4.79 Å². The summed E-state index contributed by atoms with van der Waals surface area (Å²) in [5.41, 5.74) is 2.75. The van der Waals surface area contributed by atoms with Crippen molar-refractivity contribution in [3.05, 3.63) is 23.2 Å². The fourth-order valence-corrected chi connectivity index (χ4v) is 0.670. The van der Waals surface area contributed by atoms with Crippen LogP contribution in [-0.4, -0.2) is 24.4 Å². The van der Waals surface area contributed by atoms with Gasteiger partial charge in [-0.25, -0.2) is 0 Å². The first-order valence-corrected chi connectivity index (χ1v) is 3.92. The maximum atomic E-state index is 10.3. The fraction of sp³-hybridized carbons (Fsp3) is 0.286. The Morgan fingerprint density at radius 1 is 1.09 bits per heavy atom. The summed E-state index contributed by atoms with van der Waals surface area (Å²) in [5, 5.41) is 0. The third-order valence-electron chi connectivity index (χ3n) is 1.01. The first-order valence-electron chi connectivity index (χ1n) is 3.05. The molecule has 0 fully saturated rings. The monoisotopic (exact) mass is 193 g/mol. The van der Waals surface area contributed by atoms with E-state index in [0.717, 1.165) is 6.41 Å². The molecule has 0 saturated carbocycles. The fourth-order valence-electron chi connectivity index (χ4n) is 0.511. The van der Waals surface area contributed by atoms with Crippen molar-refractivity contribution in [3.63, 3.8) is 0 Å². The van der Waals surface area contributed by atoms with Crippen LogP contribution in [0.1, 0.15) is 0 Å². The molecule has 11 heavy (non-hydrogen) atoms. The Hall–Kier alpha value is -0.470. The third-order valence-corrected chi connectivity index (χ3v) is 1.36. The summed E-state index contributed by atoms with van der Waals surface area (Å²) in [7, 11) is 0. The van der Waals surface area contributed by atoms with Crippen LogP contribution >= 0.6 is 23.2 Å². The molecule has 0 aromatic carbocycles. The van der Waals surface area contributed by atoms with Crippen LogP contribution in [0.3, 0.4) is 0 Å². The molecule has 0 heterocycles. The zero-order valence-corrected chi connectivity index (χ0v) is 7.42. The van der Waals surface area contributed by atoms with Gasteiger partial charge in [0.1, 0.15) is 0 Å². The molecule has 62 valence electrons. The molecule has 0 rings (SSSR count). The molecule has 0 bridgehead atoms. The zero-order valence-electron chi connectivity index (χ0n) is 5.91. The van der Waals surface area contributed by atoms with E-state index in [1.54, 1.807) is 12.2 Å². The summed E-state index contributed by atoms with van der Waals surface area (Å²) < 4.78 is 0. The molecule has 0 aliphatic rings. The summed E-state index contributed by atoms with van der Waals surface area (Å²) in [5.74, 6) is 0. The number of nitrogens with zero attached hydrogens (tertiary/aromatic N) is 1. The van der Waals surface area contributed by atoms with Gasteiger partial charge in [0.2, 0.25) is 6.41 Å². The van der Waals surface area contributed by atoms with Crippen LogP contribution in [0, 0.1) is 0 Å². The number of halogens is 2. The summed E-state index contributed by atoms with van der Waals surface area (Å²) in [6.45, 7) is 1.02. The second kappa shape index (κ2) is 7.63. The summed E-state index contributed by atoms with van der Waals surface area (Å²) in [6, 6.07) is 0. The van der Waals surface area contributed by atoms with Crippen molar-refractivity contribution in [2.75, 3.05) is 13.1 Å². The minimum absolute atomic E-state index is 0.508. The van der Waals surface area contributed by atoms with E-state index in [-0.39, 0.29) is 0 Å². The highest BCUT2D eigenvalue weighted by Crippen LogP contribution is 1.88. The van der Waals surface area contributed by atoms with Crippen molar-refractivity contribution >= 4 is 29.6 Å². The van der Waals surface area contributed by atoms with E-state index in [0.29, 0.717) is 13.1 Å². The molecule has 0 aromatic rings. The maximum absolute atomic E-state index is 10.3. The predicted molar refractivity (Wildman–Crippen MR) is 47.6 cm³/mol. The highest BCUT2D eigenvalue weighted by molar-refractivity contribution is 6.25. The number of carbonyl (C=O) groups excluding carboxylic acids is 1. The van der Waals surface area contributed by atoms with Crippen LogP contribution in [0.15, 0.2) is 23.2 Å². The maximum Gasteiger partial charge on any atom is 0.210 e. The SMILES string of the molecule is O=CN(CC=CCl)CC=CCl. The largest absolute Gasteiger partial charge is 0.338 e. The van der Waals surface area contributed by atoms with Gasteiger partial charge in [0, 0.05) is 24.2 Å². The van der Waals surface area contributed by atoms with Crippen LogP contribution in [0.25, 0.3) is 0 Å². The molecule has 0 saturated heterocycles. The van der Waals surface area contributed by atoms with E-state index >= 15 is 0 Å². The Balaban J connectivity index is 3.66. The van der Waals surface area contributed by atoms with Crippen molar-refractivity contribution in [1.82, 2.24) is 4.90 Å². The average molecular weight is 194 g/mol. The van der Waals surface area contributed by atoms with Crippen LogP contribution in [0.5, 0.6) is 0 Å². The smallest absolute Gasteiger partial charge is 0.210 e. The van der Waals surface area contributed by atoms with Crippen molar-refractivity contribution in [2.24, 2.45) is 0 Å². The average Bonchev–Trinajstić information content (AvgIpc) is 2.05. The van der Waals surface area contributed by atoms with Gasteiger partial charge in [0.05, 0.1) is 0 Å². The second-order valence-corrected chi connectivity index (χ2v) is 2.29. The standard InChI is InChI=1S/C7H9Cl2NO/c8-3-1-5-10(7-11)6-2-4-9/h1-4,7H,5-6H2. The van der Waals surface area contributed by atoms with E-state index in [2.05, 4.69) is 0 Å². The van der Waals surface area contributed by atoms with Crippen LogP contribution < -0.4 is 0 Å². The Morgan fingerprint density at radius 3 is 1.82 bits per heavy atom. The van der Waals surface area contributed by atoms with Crippen LogP contribution in [-0.2, 0) is 4.79 Å². The lowest BCUT2D eigenvalue weighted by atomic mass is 10.5.